The van der Waals surface area contributed by atoms with E-state index in [1.807, 2.05) is 42.5 Å². The highest BCUT2D eigenvalue weighted by atomic mass is 16.2. The van der Waals surface area contributed by atoms with Crippen molar-refractivity contribution in [3.05, 3.63) is 60.2 Å². The second kappa shape index (κ2) is 6.93. The zero-order chi connectivity index (χ0) is 15.2. The summed E-state index contributed by atoms with van der Waals surface area (Å²) >= 11 is 0. The van der Waals surface area contributed by atoms with Gasteiger partial charge in [-0.1, -0.05) is 36.4 Å². The summed E-state index contributed by atoms with van der Waals surface area (Å²) in [6.07, 6.45) is 0. The molecule has 0 aliphatic rings. The number of para-hydroxylation sites is 2. The Kier molecular flexibility index (Phi) is 4.99. The standard InChI is InChI=1S/C18H22N2O/c1-14(2)20(17-12-8-7-9-15(17)3)13-18(21)19-16-10-5-4-6-11-16/h4-12,14H,13H2,1-3H3,(H,19,21). The van der Waals surface area contributed by atoms with Crippen LogP contribution >= 0.6 is 0 Å². The lowest BCUT2D eigenvalue weighted by atomic mass is 10.1. The molecule has 2 aromatic carbocycles. The van der Waals surface area contributed by atoms with Crippen molar-refractivity contribution in [1.82, 2.24) is 0 Å². The van der Waals surface area contributed by atoms with Crippen molar-refractivity contribution < 1.29 is 4.79 Å². The third kappa shape index (κ3) is 4.09. The predicted molar refractivity (Wildman–Crippen MR) is 88.7 cm³/mol. The molecule has 0 unspecified atom stereocenters. The lowest BCUT2D eigenvalue weighted by Gasteiger charge is -2.29. The summed E-state index contributed by atoms with van der Waals surface area (Å²) in [6, 6.07) is 18.0. The number of rotatable bonds is 5. The molecule has 0 aliphatic carbocycles. The van der Waals surface area contributed by atoms with Gasteiger partial charge in [0.15, 0.2) is 0 Å². The van der Waals surface area contributed by atoms with E-state index in [2.05, 4.69) is 43.1 Å². The molecule has 110 valence electrons. The summed E-state index contributed by atoms with van der Waals surface area (Å²) in [6.45, 7) is 6.61. The van der Waals surface area contributed by atoms with E-state index in [0.717, 1.165) is 11.4 Å². The Balaban J connectivity index is 2.10. The van der Waals surface area contributed by atoms with E-state index in [9.17, 15) is 4.79 Å². The molecule has 21 heavy (non-hydrogen) atoms. The predicted octanol–water partition coefficient (Wildman–Crippen LogP) is 3.85. The molecule has 0 saturated heterocycles. The van der Waals surface area contributed by atoms with Crippen molar-refractivity contribution in [2.24, 2.45) is 0 Å². The fourth-order valence-corrected chi connectivity index (χ4v) is 2.31. The fourth-order valence-electron chi connectivity index (χ4n) is 2.31. The Hall–Kier alpha value is -2.29. The molecular formula is C18H22N2O. The van der Waals surface area contributed by atoms with E-state index < -0.39 is 0 Å². The average molecular weight is 282 g/mol. The van der Waals surface area contributed by atoms with Crippen molar-refractivity contribution >= 4 is 17.3 Å². The Labute approximate surface area is 126 Å². The van der Waals surface area contributed by atoms with Gasteiger partial charge in [0.25, 0.3) is 0 Å². The maximum Gasteiger partial charge on any atom is 0.243 e. The Morgan fingerprint density at radius 2 is 1.67 bits per heavy atom. The molecule has 0 heterocycles. The van der Waals surface area contributed by atoms with Crippen LogP contribution in [0, 0.1) is 6.92 Å². The highest BCUT2D eigenvalue weighted by molar-refractivity contribution is 5.94. The minimum absolute atomic E-state index is 0.00171. The number of aryl methyl sites for hydroxylation is 1. The molecule has 3 heteroatoms. The number of amides is 1. The number of anilines is 2. The quantitative estimate of drug-likeness (QED) is 0.903. The van der Waals surface area contributed by atoms with E-state index >= 15 is 0 Å². The minimum atomic E-state index is -0.00171. The van der Waals surface area contributed by atoms with Crippen LogP contribution in [0.2, 0.25) is 0 Å². The lowest BCUT2D eigenvalue weighted by molar-refractivity contribution is -0.115. The Bertz CT molecular complexity index is 593. The SMILES string of the molecule is Cc1ccccc1N(CC(=O)Nc1ccccc1)C(C)C. The Morgan fingerprint density at radius 3 is 2.29 bits per heavy atom. The number of benzene rings is 2. The second-order valence-electron chi connectivity index (χ2n) is 5.42. The number of carbonyl (C=O) groups is 1. The smallest absolute Gasteiger partial charge is 0.243 e. The van der Waals surface area contributed by atoms with Crippen molar-refractivity contribution in [2.45, 2.75) is 26.8 Å². The zero-order valence-corrected chi connectivity index (χ0v) is 12.8. The first-order valence-electron chi connectivity index (χ1n) is 7.25. The van der Waals surface area contributed by atoms with E-state index in [1.54, 1.807) is 0 Å². The van der Waals surface area contributed by atoms with Crippen LogP contribution < -0.4 is 10.2 Å². The topological polar surface area (TPSA) is 32.3 Å². The summed E-state index contributed by atoms with van der Waals surface area (Å²) in [4.78, 5) is 14.4. The van der Waals surface area contributed by atoms with Crippen molar-refractivity contribution in [3.63, 3.8) is 0 Å². The van der Waals surface area contributed by atoms with Gasteiger partial charge in [-0.3, -0.25) is 4.79 Å². The zero-order valence-electron chi connectivity index (χ0n) is 12.8. The molecule has 0 spiro atoms. The van der Waals surface area contributed by atoms with Crippen LogP contribution in [-0.2, 0) is 4.79 Å². The van der Waals surface area contributed by atoms with Gasteiger partial charge in [-0.25, -0.2) is 0 Å². The summed E-state index contributed by atoms with van der Waals surface area (Å²) in [7, 11) is 0. The average Bonchev–Trinajstić information content (AvgIpc) is 2.46. The van der Waals surface area contributed by atoms with E-state index in [0.29, 0.717) is 6.54 Å². The van der Waals surface area contributed by atoms with Gasteiger partial charge >= 0.3 is 0 Å². The van der Waals surface area contributed by atoms with E-state index in [4.69, 9.17) is 0 Å². The van der Waals surface area contributed by atoms with Crippen LogP contribution in [0.5, 0.6) is 0 Å². The van der Waals surface area contributed by atoms with Crippen molar-refractivity contribution in [1.29, 1.82) is 0 Å². The summed E-state index contributed by atoms with van der Waals surface area (Å²) in [5.41, 5.74) is 3.12. The minimum Gasteiger partial charge on any atom is -0.360 e. The summed E-state index contributed by atoms with van der Waals surface area (Å²) < 4.78 is 0. The van der Waals surface area contributed by atoms with E-state index in [-0.39, 0.29) is 11.9 Å². The molecule has 1 amide bonds. The number of nitrogens with zero attached hydrogens (tertiary/aromatic N) is 1. The first-order valence-corrected chi connectivity index (χ1v) is 7.25. The molecule has 0 fully saturated rings. The molecule has 0 aromatic heterocycles. The normalized spacial score (nSPS) is 10.5. The summed E-state index contributed by atoms with van der Waals surface area (Å²) in [5, 5.41) is 2.94. The largest absolute Gasteiger partial charge is 0.360 e. The molecule has 2 aromatic rings. The lowest BCUT2D eigenvalue weighted by Crippen LogP contribution is -2.38. The van der Waals surface area contributed by atoms with Gasteiger partial charge in [-0.15, -0.1) is 0 Å². The second-order valence-corrected chi connectivity index (χ2v) is 5.42. The molecule has 0 saturated carbocycles. The number of hydrogen-bond donors (Lipinski definition) is 1. The van der Waals surface area contributed by atoms with Crippen molar-refractivity contribution in [3.8, 4) is 0 Å². The molecule has 0 radical (unpaired) electrons. The summed E-state index contributed by atoms with van der Waals surface area (Å²) in [5.74, 6) is -0.00171. The first kappa shape index (κ1) is 15.1. The van der Waals surface area contributed by atoms with Crippen LogP contribution in [0.3, 0.4) is 0 Å². The Morgan fingerprint density at radius 1 is 1.05 bits per heavy atom. The third-order valence-corrected chi connectivity index (χ3v) is 3.42. The van der Waals surface area contributed by atoms with Gasteiger partial charge in [-0.05, 0) is 44.5 Å². The van der Waals surface area contributed by atoms with E-state index in [1.165, 1.54) is 5.56 Å². The van der Waals surface area contributed by atoms with Gasteiger partial charge in [0, 0.05) is 17.4 Å². The van der Waals surface area contributed by atoms with Gasteiger partial charge in [0.2, 0.25) is 5.91 Å². The third-order valence-electron chi connectivity index (χ3n) is 3.42. The molecule has 0 atom stereocenters. The molecule has 2 rings (SSSR count). The first-order chi connectivity index (χ1) is 10.1. The van der Waals surface area contributed by atoms with Gasteiger partial charge in [-0.2, -0.15) is 0 Å². The number of nitrogens with one attached hydrogen (secondary N) is 1. The van der Waals surface area contributed by atoms with Crippen LogP contribution in [0.25, 0.3) is 0 Å². The number of hydrogen-bond acceptors (Lipinski definition) is 2. The molecular weight excluding hydrogens is 260 g/mol. The highest BCUT2D eigenvalue weighted by Gasteiger charge is 2.16. The van der Waals surface area contributed by atoms with Gasteiger partial charge in [0.1, 0.15) is 0 Å². The van der Waals surface area contributed by atoms with Crippen LogP contribution in [0.15, 0.2) is 54.6 Å². The van der Waals surface area contributed by atoms with Crippen LogP contribution in [0.1, 0.15) is 19.4 Å². The maximum absolute atomic E-state index is 12.3. The monoisotopic (exact) mass is 282 g/mol. The van der Waals surface area contributed by atoms with Gasteiger partial charge < -0.3 is 10.2 Å². The highest BCUT2D eigenvalue weighted by Crippen LogP contribution is 2.21. The van der Waals surface area contributed by atoms with Crippen LogP contribution in [-0.4, -0.2) is 18.5 Å². The van der Waals surface area contributed by atoms with Crippen LogP contribution in [0.4, 0.5) is 11.4 Å². The fraction of sp³-hybridized carbons (Fsp3) is 0.278. The van der Waals surface area contributed by atoms with Crippen molar-refractivity contribution in [2.75, 3.05) is 16.8 Å². The maximum atomic E-state index is 12.3. The molecule has 3 nitrogen and oxygen atoms in total. The molecule has 1 N–H and O–H groups in total. The van der Waals surface area contributed by atoms with Gasteiger partial charge in [0.05, 0.1) is 6.54 Å². The molecule has 0 aliphatic heterocycles. The number of carbonyl (C=O) groups excluding carboxylic acids is 1. The molecule has 0 bridgehead atoms.